The summed E-state index contributed by atoms with van der Waals surface area (Å²) in [5, 5.41) is 1.41. The molecule has 0 radical (unpaired) electrons. The molecule has 78 valence electrons. The van der Waals surface area contributed by atoms with Crippen LogP contribution in [0.2, 0.25) is 0 Å². The molecule has 0 aliphatic rings. The lowest BCUT2D eigenvalue weighted by molar-refractivity contribution is 0.878. The smallest absolute Gasteiger partial charge is 0.0381 e. The van der Waals surface area contributed by atoms with Gasteiger partial charge >= 0.3 is 0 Å². The van der Waals surface area contributed by atoms with Crippen LogP contribution in [0.25, 0.3) is 16.2 Å². The van der Waals surface area contributed by atoms with E-state index in [2.05, 4.69) is 45.5 Å². The molecule has 0 saturated carbocycles. The van der Waals surface area contributed by atoms with Gasteiger partial charge in [-0.25, -0.2) is 0 Å². The largest absolute Gasteiger partial charge is 0.135 e. The molecule has 0 atom stereocenters. The van der Waals surface area contributed by atoms with Crippen molar-refractivity contribution in [3.05, 3.63) is 40.8 Å². The summed E-state index contributed by atoms with van der Waals surface area (Å²) < 4.78 is 1.41. The Kier molecular flexibility index (Phi) is 2.66. The first-order valence-corrected chi connectivity index (χ1v) is 6.11. The lowest BCUT2D eigenvalue weighted by atomic mass is 9.98. The number of thiophene rings is 1. The first kappa shape index (κ1) is 10.4. The fourth-order valence-electron chi connectivity index (χ4n) is 2.04. The summed E-state index contributed by atoms with van der Waals surface area (Å²) in [4.78, 5) is 1.33. The van der Waals surface area contributed by atoms with Crippen LogP contribution in [-0.2, 0) is 0 Å². The predicted molar refractivity (Wildman–Crippen MR) is 70.7 cm³/mol. The number of fused-ring (bicyclic) bond motifs is 1. The van der Waals surface area contributed by atoms with E-state index in [1.165, 1.54) is 26.1 Å². The lowest BCUT2D eigenvalue weighted by Gasteiger charge is -2.05. The number of benzene rings is 1. The van der Waals surface area contributed by atoms with E-state index in [1.807, 2.05) is 17.4 Å². The first-order chi connectivity index (χ1) is 7.15. The molecule has 0 N–H and O–H groups in total. The van der Waals surface area contributed by atoms with E-state index in [0.29, 0.717) is 5.92 Å². The van der Waals surface area contributed by atoms with Crippen molar-refractivity contribution in [1.82, 2.24) is 0 Å². The summed E-state index contributed by atoms with van der Waals surface area (Å²) in [6.07, 6.45) is 1.99. The predicted octanol–water partition coefficient (Wildman–Crippen LogP) is 4.98. The Bertz CT molecular complexity index is 503. The average molecular weight is 216 g/mol. The highest BCUT2D eigenvalue weighted by Gasteiger charge is 2.13. The molecule has 2 aromatic rings. The van der Waals surface area contributed by atoms with Gasteiger partial charge in [-0.15, -0.1) is 11.3 Å². The van der Waals surface area contributed by atoms with E-state index in [1.54, 1.807) is 0 Å². The third kappa shape index (κ3) is 1.61. The highest BCUT2D eigenvalue weighted by Crippen LogP contribution is 2.38. The number of hydrogen-bond donors (Lipinski definition) is 0. The maximum Gasteiger partial charge on any atom is 0.0381 e. The highest BCUT2D eigenvalue weighted by atomic mass is 32.1. The Balaban J connectivity index is 2.86. The molecule has 0 aliphatic carbocycles. The highest BCUT2D eigenvalue weighted by molar-refractivity contribution is 7.20. The van der Waals surface area contributed by atoms with Gasteiger partial charge in [-0.2, -0.15) is 0 Å². The van der Waals surface area contributed by atoms with Crippen molar-refractivity contribution in [2.75, 3.05) is 0 Å². The Morgan fingerprint density at radius 1 is 1.33 bits per heavy atom. The summed E-state index contributed by atoms with van der Waals surface area (Å²) in [6.45, 7) is 10.6. The maximum atomic E-state index is 3.91. The van der Waals surface area contributed by atoms with Crippen molar-refractivity contribution >= 4 is 27.5 Å². The summed E-state index contributed by atoms with van der Waals surface area (Å²) in [5.74, 6) is 0.563. The second-order valence-electron chi connectivity index (χ2n) is 4.19. The summed E-state index contributed by atoms with van der Waals surface area (Å²) in [5.41, 5.74) is 2.82. The second-order valence-corrected chi connectivity index (χ2v) is 5.24. The normalized spacial score (nSPS) is 11.2. The standard InChI is InChI=1S/C14H16S/c1-5-12-13(9(2)3)11-8-6-7-10(4)14(11)15-12/h5-9H,1H2,2-4H3. The number of rotatable bonds is 2. The van der Waals surface area contributed by atoms with Crippen molar-refractivity contribution in [2.45, 2.75) is 26.7 Å². The molecular weight excluding hydrogens is 200 g/mol. The SMILES string of the molecule is C=Cc1sc2c(C)cccc2c1C(C)C. The van der Waals surface area contributed by atoms with Crippen molar-refractivity contribution < 1.29 is 0 Å². The van der Waals surface area contributed by atoms with Gasteiger partial charge in [0.2, 0.25) is 0 Å². The monoisotopic (exact) mass is 216 g/mol. The molecule has 1 aromatic carbocycles. The minimum atomic E-state index is 0.563. The van der Waals surface area contributed by atoms with E-state index < -0.39 is 0 Å². The molecule has 0 bridgehead atoms. The first-order valence-electron chi connectivity index (χ1n) is 5.29. The van der Waals surface area contributed by atoms with Gasteiger partial charge in [-0.1, -0.05) is 44.7 Å². The van der Waals surface area contributed by atoms with Gasteiger partial charge in [-0.3, -0.25) is 0 Å². The van der Waals surface area contributed by atoms with Gasteiger partial charge in [0.05, 0.1) is 0 Å². The number of aryl methyl sites for hydroxylation is 1. The third-order valence-electron chi connectivity index (χ3n) is 2.74. The van der Waals surface area contributed by atoms with Gasteiger partial charge in [-0.05, 0) is 29.4 Å². The second kappa shape index (κ2) is 3.82. The molecule has 1 heteroatoms. The fourth-order valence-corrected chi connectivity index (χ4v) is 3.32. The van der Waals surface area contributed by atoms with Crippen LogP contribution in [0.5, 0.6) is 0 Å². The minimum Gasteiger partial charge on any atom is -0.135 e. The zero-order valence-electron chi connectivity index (χ0n) is 9.50. The van der Waals surface area contributed by atoms with Crippen LogP contribution in [0.1, 0.15) is 35.8 Å². The minimum absolute atomic E-state index is 0.563. The van der Waals surface area contributed by atoms with Gasteiger partial charge in [0.15, 0.2) is 0 Å². The zero-order valence-corrected chi connectivity index (χ0v) is 10.3. The number of hydrogen-bond acceptors (Lipinski definition) is 1. The van der Waals surface area contributed by atoms with Crippen LogP contribution in [0, 0.1) is 6.92 Å². The third-order valence-corrected chi connectivity index (χ3v) is 4.09. The molecule has 0 spiro atoms. The molecule has 0 fully saturated rings. The van der Waals surface area contributed by atoms with Gasteiger partial charge in [0.25, 0.3) is 0 Å². The van der Waals surface area contributed by atoms with Crippen LogP contribution in [0.3, 0.4) is 0 Å². The van der Waals surface area contributed by atoms with Crippen LogP contribution >= 0.6 is 11.3 Å². The average Bonchev–Trinajstić information content (AvgIpc) is 2.57. The quantitative estimate of drug-likeness (QED) is 0.664. The Labute approximate surface area is 95.3 Å². The van der Waals surface area contributed by atoms with E-state index in [9.17, 15) is 0 Å². The van der Waals surface area contributed by atoms with E-state index >= 15 is 0 Å². The lowest BCUT2D eigenvalue weighted by Crippen LogP contribution is -1.87. The molecule has 0 unspecified atom stereocenters. The van der Waals surface area contributed by atoms with Crippen LogP contribution in [0.15, 0.2) is 24.8 Å². The van der Waals surface area contributed by atoms with E-state index in [-0.39, 0.29) is 0 Å². The molecule has 15 heavy (non-hydrogen) atoms. The van der Waals surface area contributed by atoms with Gasteiger partial charge in [0, 0.05) is 9.58 Å². The molecule has 2 rings (SSSR count). The molecule has 1 heterocycles. The molecule has 0 amide bonds. The summed E-state index contributed by atoms with van der Waals surface area (Å²) in [7, 11) is 0. The molecule has 1 aromatic heterocycles. The van der Waals surface area contributed by atoms with Crippen molar-refractivity contribution in [3.63, 3.8) is 0 Å². The molecule has 0 saturated heterocycles. The van der Waals surface area contributed by atoms with Crippen LogP contribution in [0.4, 0.5) is 0 Å². The Hall–Kier alpha value is -1.08. The van der Waals surface area contributed by atoms with E-state index in [4.69, 9.17) is 0 Å². The van der Waals surface area contributed by atoms with Gasteiger partial charge < -0.3 is 0 Å². The topological polar surface area (TPSA) is 0 Å². The molecular formula is C14H16S. The van der Waals surface area contributed by atoms with E-state index in [0.717, 1.165) is 0 Å². The van der Waals surface area contributed by atoms with Crippen molar-refractivity contribution in [3.8, 4) is 0 Å². The zero-order chi connectivity index (χ0) is 11.0. The summed E-state index contributed by atoms with van der Waals surface area (Å²) >= 11 is 1.86. The molecule has 0 nitrogen and oxygen atoms in total. The van der Waals surface area contributed by atoms with Gasteiger partial charge in [0.1, 0.15) is 0 Å². The Morgan fingerprint density at radius 2 is 2.07 bits per heavy atom. The molecule has 0 aliphatic heterocycles. The summed E-state index contributed by atoms with van der Waals surface area (Å²) in [6, 6.07) is 6.54. The fraction of sp³-hybridized carbons (Fsp3) is 0.286. The van der Waals surface area contributed by atoms with Crippen LogP contribution < -0.4 is 0 Å². The maximum absolute atomic E-state index is 3.91. The van der Waals surface area contributed by atoms with Crippen LogP contribution in [-0.4, -0.2) is 0 Å². The van der Waals surface area contributed by atoms with Crippen molar-refractivity contribution in [1.29, 1.82) is 0 Å². The Morgan fingerprint density at radius 3 is 2.67 bits per heavy atom. The van der Waals surface area contributed by atoms with Crippen molar-refractivity contribution in [2.24, 2.45) is 0 Å².